The van der Waals surface area contributed by atoms with E-state index in [0.717, 1.165) is 25.6 Å². The molecule has 0 spiro atoms. The first kappa shape index (κ1) is 18.6. The summed E-state index contributed by atoms with van der Waals surface area (Å²) in [5.74, 6) is 0.889. The summed E-state index contributed by atoms with van der Waals surface area (Å²) in [5, 5.41) is 6.74. The van der Waals surface area contributed by atoms with Crippen molar-refractivity contribution in [3.8, 4) is 0 Å². The average molecular weight is 289 g/mol. The summed E-state index contributed by atoms with van der Waals surface area (Å²) in [5.41, 5.74) is 0. The van der Waals surface area contributed by atoms with Crippen LogP contribution < -0.4 is 10.6 Å². The molecular weight excluding hydrogens is 256 g/mol. The number of guanidine groups is 1. The second kappa shape index (κ2) is 9.48. The number of thioether (sulfide) groups is 1. The van der Waals surface area contributed by atoms with Crippen molar-refractivity contribution in [3.63, 3.8) is 0 Å². The summed E-state index contributed by atoms with van der Waals surface area (Å²) >= 11 is 1.86. The van der Waals surface area contributed by atoms with Crippen molar-refractivity contribution < 1.29 is 0 Å². The Morgan fingerprint density at radius 1 is 1.37 bits per heavy atom. The fraction of sp³-hybridized carbons (Fsp3) is 0.929. The smallest absolute Gasteiger partial charge is 0.191 e. The van der Waals surface area contributed by atoms with Crippen LogP contribution in [0.2, 0.25) is 0 Å². The van der Waals surface area contributed by atoms with Crippen LogP contribution in [-0.2, 0) is 0 Å². The lowest BCUT2D eigenvalue weighted by Gasteiger charge is -2.25. The minimum atomic E-state index is 0.227. The van der Waals surface area contributed by atoms with Gasteiger partial charge >= 0.3 is 0 Å². The number of likely N-dealkylation sites (N-methyl/N-ethyl adjacent to an activating group) is 1. The van der Waals surface area contributed by atoms with Gasteiger partial charge < -0.3 is 15.5 Å². The van der Waals surface area contributed by atoms with E-state index in [-0.39, 0.29) is 4.75 Å². The van der Waals surface area contributed by atoms with Gasteiger partial charge in [0.15, 0.2) is 5.96 Å². The van der Waals surface area contributed by atoms with Crippen molar-refractivity contribution in [2.45, 2.75) is 44.9 Å². The molecule has 0 aromatic heterocycles. The molecule has 1 unspecified atom stereocenters. The Kier molecular flexibility index (Phi) is 9.27. The van der Waals surface area contributed by atoms with Crippen LogP contribution in [0.4, 0.5) is 0 Å². The fourth-order valence-corrected chi connectivity index (χ4v) is 1.69. The van der Waals surface area contributed by atoms with E-state index in [1.165, 1.54) is 6.42 Å². The van der Waals surface area contributed by atoms with Gasteiger partial charge in [-0.15, -0.1) is 0 Å². The molecule has 0 saturated heterocycles. The minimum absolute atomic E-state index is 0.227. The highest BCUT2D eigenvalue weighted by atomic mass is 32.2. The molecule has 0 aromatic rings. The molecule has 4 nitrogen and oxygen atoms in total. The van der Waals surface area contributed by atoms with Crippen LogP contribution in [0.3, 0.4) is 0 Å². The van der Waals surface area contributed by atoms with E-state index in [0.29, 0.717) is 6.04 Å². The molecule has 2 N–H and O–H groups in total. The van der Waals surface area contributed by atoms with Crippen LogP contribution in [0.25, 0.3) is 0 Å². The van der Waals surface area contributed by atoms with Crippen molar-refractivity contribution in [2.24, 2.45) is 4.99 Å². The van der Waals surface area contributed by atoms with Crippen molar-refractivity contribution in [1.82, 2.24) is 15.5 Å². The summed E-state index contributed by atoms with van der Waals surface area (Å²) in [6.07, 6.45) is 3.32. The summed E-state index contributed by atoms with van der Waals surface area (Å²) < 4.78 is 0.227. The summed E-state index contributed by atoms with van der Waals surface area (Å²) in [7, 11) is 3.99. The zero-order valence-electron chi connectivity index (χ0n) is 13.7. The molecule has 0 bridgehead atoms. The predicted octanol–water partition coefficient (Wildman–Crippen LogP) is 2.02. The topological polar surface area (TPSA) is 39.7 Å². The number of nitrogens with one attached hydrogen (secondary N) is 2. The number of aliphatic imine (C=N–C) groups is 1. The zero-order valence-corrected chi connectivity index (χ0v) is 14.5. The van der Waals surface area contributed by atoms with E-state index in [2.05, 4.69) is 61.5 Å². The van der Waals surface area contributed by atoms with Gasteiger partial charge in [-0.05, 0) is 40.5 Å². The molecule has 0 aliphatic heterocycles. The zero-order chi connectivity index (χ0) is 14.9. The molecule has 5 heteroatoms. The van der Waals surface area contributed by atoms with E-state index < -0.39 is 0 Å². The molecule has 0 heterocycles. The molecule has 0 radical (unpaired) electrons. The van der Waals surface area contributed by atoms with Crippen molar-refractivity contribution in [1.29, 1.82) is 0 Å². The first-order valence-electron chi connectivity index (χ1n) is 7.06. The Hall–Kier alpha value is -0.420. The highest BCUT2D eigenvalue weighted by Crippen LogP contribution is 2.19. The summed E-state index contributed by atoms with van der Waals surface area (Å²) in [4.78, 5) is 6.62. The maximum Gasteiger partial charge on any atom is 0.191 e. The Morgan fingerprint density at radius 2 is 2.00 bits per heavy atom. The van der Waals surface area contributed by atoms with E-state index in [4.69, 9.17) is 0 Å². The van der Waals surface area contributed by atoms with Crippen LogP contribution >= 0.6 is 11.8 Å². The molecule has 0 saturated carbocycles. The lowest BCUT2D eigenvalue weighted by atomic mass is 10.2. The summed E-state index contributed by atoms with van der Waals surface area (Å²) in [6, 6.07) is 0.632. The van der Waals surface area contributed by atoms with E-state index in [1.807, 2.05) is 18.8 Å². The fourth-order valence-electron chi connectivity index (χ4n) is 1.47. The molecule has 0 fully saturated rings. The monoisotopic (exact) mass is 288 g/mol. The second-order valence-electron chi connectivity index (χ2n) is 5.55. The average Bonchev–Trinajstić information content (AvgIpc) is 2.41. The maximum absolute atomic E-state index is 4.25. The van der Waals surface area contributed by atoms with E-state index in [1.54, 1.807) is 0 Å². The second-order valence-corrected chi connectivity index (χ2v) is 7.07. The van der Waals surface area contributed by atoms with Gasteiger partial charge in [-0.3, -0.25) is 4.99 Å². The number of hydrogen-bond acceptors (Lipinski definition) is 3. The molecule has 0 rings (SSSR count). The van der Waals surface area contributed by atoms with Gasteiger partial charge in [0, 0.05) is 37.5 Å². The van der Waals surface area contributed by atoms with Crippen molar-refractivity contribution >= 4 is 17.7 Å². The van der Waals surface area contributed by atoms with Gasteiger partial charge in [-0.1, -0.05) is 6.92 Å². The van der Waals surface area contributed by atoms with E-state index >= 15 is 0 Å². The third-order valence-electron chi connectivity index (χ3n) is 3.56. The molecule has 1 atom stereocenters. The van der Waals surface area contributed by atoms with Gasteiger partial charge in [0.2, 0.25) is 0 Å². The van der Waals surface area contributed by atoms with Gasteiger partial charge in [0.1, 0.15) is 0 Å². The van der Waals surface area contributed by atoms with Crippen LogP contribution in [0.15, 0.2) is 4.99 Å². The molecule has 0 amide bonds. The normalized spacial score (nSPS) is 14.6. The predicted molar refractivity (Wildman–Crippen MR) is 89.3 cm³/mol. The quantitative estimate of drug-likeness (QED) is 0.529. The van der Waals surface area contributed by atoms with Gasteiger partial charge in [-0.25, -0.2) is 0 Å². The number of rotatable bonds is 8. The van der Waals surface area contributed by atoms with E-state index in [9.17, 15) is 0 Å². The molecule has 0 aliphatic rings. The number of nitrogens with zero attached hydrogens (tertiary/aromatic N) is 2. The minimum Gasteiger partial charge on any atom is -0.355 e. The lowest BCUT2D eigenvalue weighted by molar-refractivity contribution is 0.255. The lowest BCUT2D eigenvalue weighted by Crippen LogP contribution is -2.45. The van der Waals surface area contributed by atoms with Crippen LogP contribution in [-0.4, -0.2) is 61.6 Å². The van der Waals surface area contributed by atoms with Crippen LogP contribution in [0, 0.1) is 0 Å². The molecular formula is C14H32N4S. The van der Waals surface area contributed by atoms with Gasteiger partial charge in [0.05, 0.1) is 0 Å². The standard InChI is InChI=1S/C14H32N4S/c1-8-12(2)18(6)10-9-16-13(15-5)17-11-14(3,4)19-7/h12H,8-11H2,1-7H3,(H2,15,16,17). The Bertz CT molecular complexity index is 266. The summed E-state index contributed by atoms with van der Waals surface area (Å²) in [6.45, 7) is 11.8. The highest BCUT2D eigenvalue weighted by Gasteiger charge is 2.16. The third kappa shape index (κ3) is 8.37. The molecule has 19 heavy (non-hydrogen) atoms. The van der Waals surface area contributed by atoms with Crippen molar-refractivity contribution in [3.05, 3.63) is 0 Å². The van der Waals surface area contributed by atoms with Crippen LogP contribution in [0.1, 0.15) is 34.1 Å². The first-order valence-corrected chi connectivity index (χ1v) is 8.28. The number of hydrogen-bond donors (Lipinski definition) is 2. The van der Waals surface area contributed by atoms with Crippen LogP contribution in [0.5, 0.6) is 0 Å². The van der Waals surface area contributed by atoms with Gasteiger partial charge in [0.25, 0.3) is 0 Å². The first-order chi connectivity index (χ1) is 8.86. The Morgan fingerprint density at radius 3 is 2.47 bits per heavy atom. The maximum atomic E-state index is 4.25. The largest absolute Gasteiger partial charge is 0.355 e. The molecule has 0 aromatic carbocycles. The Labute approximate surface area is 123 Å². The Balaban J connectivity index is 3.96. The molecule has 0 aliphatic carbocycles. The molecule has 114 valence electrons. The van der Waals surface area contributed by atoms with Crippen molar-refractivity contribution in [2.75, 3.05) is 40.0 Å². The van der Waals surface area contributed by atoms with Gasteiger partial charge in [-0.2, -0.15) is 11.8 Å². The highest BCUT2D eigenvalue weighted by molar-refractivity contribution is 7.99. The SMILES string of the molecule is CCC(C)N(C)CCNC(=NC)NCC(C)(C)SC. The third-order valence-corrected chi connectivity index (χ3v) is 4.81.